The van der Waals surface area contributed by atoms with Crippen molar-refractivity contribution in [1.82, 2.24) is 0 Å². The van der Waals surface area contributed by atoms with Crippen molar-refractivity contribution in [1.29, 1.82) is 10.5 Å². The van der Waals surface area contributed by atoms with Gasteiger partial charge in [0.2, 0.25) is 0 Å². The number of benzene rings is 1. The highest BCUT2D eigenvalue weighted by atomic mass is 16.4. The predicted molar refractivity (Wildman–Crippen MR) is 70.7 cm³/mol. The number of hydrogen-bond acceptors (Lipinski definition) is 3. The molecule has 4 nitrogen and oxygen atoms in total. The van der Waals surface area contributed by atoms with Crippen LogP contribution in [0.5, 0.6) is 0 Å². The first-order valence-corrected chi connectivity index (χ1v) is 5.36. The van der Waals surface area contributed by atoms with Crippen LogP contribution in [0.25, 0.3) is 6.08 Å². The van der Waals surface area contributed by atoms with Crippen molar-refractivity contribution in [2.24, 2.45) is 0 Å². The smallest absolute Gasteiger partial charge is 0.346 e. The molecule has 0 unspecified atom stereocenters. The van der Waals surface area contributed by atoms with Crippen LogP contribution in [0.1, 0.15) is 11.1 Å². The largest absolute Gasteiger partial charge is 0.477 e. The van der Waals surface area contributed by atoms with Crippen LogP contribution in [0.2, 0.25) is 0 Å². The Bertz CT molecular complexity index is 624. The highest BCUT2D eigenvalue weighted by molar-refractivity contribution is 5.91. The molecule has 4 heteroatoms. The Morgan fingerprint density at radius 3 is 2.32 bits per heavy atom. The molecule has 0 aromatic heterocycles. The summed E-state index contributed by atoms with van der Waals surface area (Å²) in [5.74, 6) is -1.25. The zero-order valence-corrected chi connectivity index (χ0v) is 9.95. The average Bonchev–Trinajstić information content (AvgIpc) is 2.43. The Morgan fingerprint density at radius 2 is 1.79 bits per heavy atom. The summed E-state index contributed by atoms with van der Waals surface area (Å²) >= 11 is 0. The fourth-order valence-electron chi connectivity index (χ4n) is 1.21. The van der Waals surface area contributed by atoms with Gasteiger partial charge in [-0.25, -0.2) is 4.79 Å². The summed E-state index contributed by atoms with van der Waals surface area (Å²) in [5, 5.41) is 25.7. The van der Waals surface area contributed by atoms with E-state index >= 15 is 0 Å². The van der Waals surface area contributed by atoms with Crippen molar-refractivity contribution < 1.29 is 9.90 Å². The fraction of sp³-hybridized carbons (Fsp3) is 0. The van der Waals surface area contributed by atoms with E-state index in [0.717, 1.165) is 5.56 Å². The van der Waals surface area contributed by atoms with Crippen LogP contribution in [0, 0.1) is 22.7 Å². The number of hydrogen-bond donors (Lipinski definition) is 1. The Labute approximate surface area is 110 Å². The van der Waals surface area contributed by atoms with E-state index in [1.807, 2.05) is 6.07 Å². The molecule has 0 radical (unpaired) electrons. The van der Waals surface area contributed by atoms with Crippen LogP contribution < -0.4 is 0 Å². The van der Waals surface area contributed by atoms with Gasteiger partial charge in [0.15, 0.2) is 0 Å². The summed E-state index contributed by atoms with van der Waals surface area (Å²) in [7, 11) is 0. The molecule has 1 N–H and O–H groups in total. The minimum Gasteiger partial charge on any atom is -0.477 e. The molecular weight excluding hydrogens is 240 g/mol. The Kier molecular flexibility index (Phi) is 5.33. The van der Waals surface area contributed by atoms with Gasteiger partial charge in [-0.2, -0.15) is 10.5 Å². The molecule has 0 saturated heterocycles. The fourth-order valence-corrected chi connectivity index (χ4v) is 1.21. The number of carboxylic acid groups (broad SMARTS) is 1. The van der Waals surface area contributed by atoms with E-state index in [0.29, 0.717) is 5.56 Å². The highest BCUT2D eigenvalue weighted by Crippen LogP contribution is 2.05. The second-order valence-corrected chi connectivity index (χ2v) is 3.48. The number of allylic oxidation sites excluding steroid dienone is 4. The van der Waals surface area contributed by atoms with Crippen molar-refractivity contribution in [2.45, 2.75) is 0 Å². The van der Waals surface area contributed by atoms with Gasteiger partial charge in [-0.15, -0.1) is 0 Å². The molecule has 0 saturated carbocycles. The van der Waals surface area contributed by atoms with E-state index in [-0.39, 0.29) is 5.57 Å². The lowest BCUT2D eigenvalue weighted by atomic mass is 10.1. The maximum absolute atomic E-state index is 10.5. The first-order chi connectivity index (χ1) is 9.17. The molecule has 0 atom stereocenters. The summed E-state index contributed by atoms with van der Waals surface area (Å²) in [5.41, 5.74) is 1.20. The molecule has 0 aliphatic rings. The SMILES string of the molecule is N#C\C(=C/C=C/C=C/c1ccc(C#N)cc1)C(=O)O. The third-order valence-corrected chi connectivity index (χ3v) is 2.16. The van der Waals surface area contributed by atoms with E-state index in [9.17, 15) is 4.79 Å². The van der Waals surface area contributed by atoms with Crippen LogP contribution >= 0.6 is 0 Å². The summed E-state index contributed by atoms with van der Waals surface area (Å²) in [6.45, 7) is 0. The number of aliphatic carboxylic acids is 1. The van der Waals surface area contributed by atoms with Gasteiger partial charge in [-0.3, -0.25) is 0 Å². The molecule has 0 fully saturated rings. The van der Waals surface area contributed by atoms with Crippen LogP contribution in [-0.2, 0) is 4.79 Å². The van der Waals surface area contributed by atoms with E-state index in [4.69, 9.17) is 15.6 Å². The third kappa shape index (κ3) is 4.72. The lowest BCUT2D eigenvalue weighted by Crippen LogP contribution is -1.96. The minimum atomic E-state index is -1.25. The van der Waals surface area contributed by atoms with Gasteiger partial charge in [0, 0.05) is 0 Å². The quantitative estimate of drug-likeness (QED) is 0.505. The Morgan fingerprint density at radius 1 is 1.11 bits per heavy atom. The first-order valence-electron chi connectivity index (χ1n) is 5.36. The van der Waals surface area contributed by atoms with Gasteiger partial charge in [-0.1, -0.05) is 36.4 Å². The highest BCUT2D eigenvalue weighted by Gasteiger charge is 2.01. The summed E-state index contributed by atoms with van der Waals surface area (Å²) in [6, 6.07) is 10.6. The summed E-state index contributed by atoms with van der Waals surface area (Å²) in [6.07, 6.45) is 7.85. The zero-order chi connectivity index (χ0) is 14.1. The second-order valence-electron chi connectivity index (χ2n) is 3.48. The van der Waals surface area contributed by atoms with Crippen LogP contribution in [0.3, 0.4) is 0 Å². The van der Waals surface area contributed by atoms with Gasteiger partial charge < -0.3 is 5.11 Å². The minimum absolute atomic E-state index is 0.317. The maximum atomic E-state index is 10.5. The third-order valence-electron chi connectivity index (χ3n) is 2.16. The standard InChI is InChI=1S/C15H10N2O2/c16-10-13-8-6-12(7-9-13)4-2-1-3-5-14(11-17)15(18)19/h1-9H,(H,18,19)/b3-1+,4-2+,14-5+. The zero-order valence-electron chi connectivity index (χ0n) is 9.95. The van der Waals surface area contributed by atoms with E-state index in [1.54, 1.807) is 48.6 Å². The number of carboxylic acids is 1. The van der Waals surface area contributed by atoms with E-state index < -0.39 is 5.97 Å². The Balaban J connectivity index is 2.66. The molecule has 1 aromatic rings. The van der Waals surface area contributed by atoms with Crippen LogP contribution in [0.15, 0.2) is 54.1 Å². The summed E-state index contributed by atoms with van der Waals surface area (Å²) in [4.78, 5) is 10.5. The first kappa shape index (κ1) is 14.0. The van der Waals surface area contributed by atoms with Crippen molar-refractivity contribution in [3.8, 4) is 12.1 Å². The van der Waals surface area contributed by atoms with Crippen molar-refractivity contribution in [3.05, 3.63) is 65.3 Å². The van der Waals surface area contributed by atoms with Gasteiger partial charge in [0.05, 0.1) is 11.6 Å². The van der Waals surface area contributed by atoms with E-state index in [1.165, 1.54) is 12.2 Å². The maximum Gasteiger partial charge on any atom is 0.346 e. The van der Waals surface area contributed by atoms with Gasteiger partial charge in [-0.05, 0) is 23.8 Å². The molecule has 0 amide bonds. The number of rotatable bonds is 4. The normalized spacial score (nSPS) is 11.4. The van der Waals surface area contributed by atoms with Gasteiger partial charge >= 0.3 is 5.97 Å². The van der Waals surface area contributed by atoms with Crippen molar-refractivity contribution >= 4 is 12.0 Å². The molecule has 19 heavy (non-hydrogen) atoms. The van der Waals surface area contributed by atoms with Crippen molar-refractivity contribution in [2.75, 3.05) is 0 Å². The molecule has 92 valence electrons. The van der Waals surface area contributed by atoms with E-state index in [2.05, 4.69) is 0 Å². The molecule has 0 aliphatic carbocycles. The Hall–Kier alpha value is -3.11. The van der Waals surface area contributed by atoms with Gasteiger partial charge in [0.25, 0.3) is 0 Å². The topological polar surface area (TPSA) is 84.9 Å². The van der Waals surface area contributed by atoms with Gasteiger partial charge in [0.1, 0.15) is 11.6 Å². The van der Waals surface area contributed by atoms with Crippen LogP contribution in [-0.4, -0.2) is 11.1 Å². The predicted octanol–water partition coefficient (Wildman–Crippen LogP) is 2.66. The molecule has 0 heterocycles. The monoisotopic (exact) mass is 250 g/mol. The number of carbonyl (C=O) groups is 1. The molecule has 0 spiro atoms. The second kappa shape index (κ2) is 7.26. The number of nitriles is 2. The number of nitrogens with zero attached hydrogens (tertiary/aromatic N) is 2. The molecule has 0 aliphatic heterocycles. The molecule has 0 bridgehead atoms. The summed E-state index contributed by atoms with van der Waals surface area (Å²) < 4.78 is 0. The molecular formula is C15H10N2O2. The average molecular weight is 250 g/mol. The van der Waals surface area contributed by atoms with Crippen LogP contribution in [0.4, 0.5) is 0 Å². The van der Waals surface area contributed by atoms with Crippen molar-refractivity contribution in [3.63, 3.8) is 0 Å². The lowest BCUT2D eigenvalue weighted by molar-refractivity contribution is -0.132. The lowest BCUT2D eigenvalue weighted by Gasteiger charge is -1.91. The molecule has 1 aromatic carbocycles. The molecule has 1 rings (SSSR count).